The summed E-state index contributed by atoms with van der Waals surface area (Å²) in [5.41, 5.74) is 0.249. The fourth-order valence-corrected chi connectivity index (χ4v) is 2.82. The molecule has 3 rings (SSSR count). The molecule has 126 valence electrons. The van der Waals surface area contributed by atoms with E-state index in [1.165, 1.54) is 12.1 Å². The number of nitrogens with zero attached hydrogens (tertiary/aromatic N) is 1. The van der Waals surface area contributed by atoms with Gasteiger partial charge in [0, 0.05) is 15.6 Å². The lowest BCUT2D eigenvalue weighted by atomic mass is 10.1. The molecule has 4 nitrogen and oxygen atoms in total. The van der Waals surface area contributed by atoms with Gasteiger partial charge in [0.05, 0.1) is 5.69 Å². The molecule has 1 heterocycles. The van der Waals surface area contributed by atoms with E-state index in [9.17, 15) is 14.0 Å². The fraction of sp³-hybridized carbons (Fsp3) is 0. The first-order chi connectivity index (χ1) is 11.9. The lowest BCUT2D eigenvalue weighted by molar-refractivity contribution is -0.122. The average molecular weight is 395 g/mol. The zero-order valence-corrected chi connectivity index (χ0v) is 14.8. The third-order valence-corrected chi connectivity index (χ3v) is 4.22. The molecule has 2 amide bonds. The smallest absolute Gasteiger partial charge is 0.270 e. The Morgan fingerprint density at radius 1 is 1.04 bits per heavy atom. The van der Waals surface area contributed by atoms with Gasteiger partial charge in [-0.3, -0.25) is 19.8 Å². The number of carbonyl (C=O) groups is 2. The van der Waals surface area contributed by atoms with Crippen molar-refractivity contribution in [3.8, 4) is 0 Å². The number of hydrogen-bond acceptors (Lipinski definition) is 3. The van der Waals surface area contributed by atoms with Gasteiger partial charge in [0.15, 0.2) is 5.11 Å². The minimum absolute atomic E-state index is 0.0618. The molecule has 0 aliphatic carbocycles. The molecule has 0 radical (unpaired) electrons. The van der Waals surface area contributed by atoms with Gasteiger partial charge in [-0.25, -0.2) is 4.39 Å². The van der Waals surface area contributed by atoms with Crippen molar-refractivity contribution in [2.75, 3.05) is 4.90 Å². The summed E-state index contributed by atoms with van der Waals surface area (Å²) in [4.78, 5) is 26.0. The number of thiocarbonyl (C=S) groups is 1. The van der Waals surface area contributed by atoms with E-state index in [1.807, 2.05) is 0 Å². The summed E-state index contributed by atoms with van der Waals surface area (Å²) in [7, 11) is 0. The largest absolute Gasteiger partial charge is 0.298 e. The van der Waals surface area contributed by atoms with E-state index in [4.69, 9.17) is 35.4 Å². The van der Waals surface area contributed by atoms with Crippen LogP contribution in [0.2, 0.25) is 10.0 Å². The van der Waals surface area contributed by atoms with Gasteiger partial charge in [-0.15, -0.1) is 0 Å². The second kappa shape index (κ2) is 6.92. The van der Waals surface area contributed by atoms with Gasteiger partial charge in [0.1, 0.15) is 11.4 Å². The summed E-state index contributed by atoms with van der Waals surface area (Å²) in [5.74, 6) is -2.01. The molecule has 1 aliphatic heterocycles. The Kier molecular flexibility index (Phi) is 4.85. The Balaban J connectivity index is 2.03. The van der Waals surface area contributed by atoms with E-state index in [0.29, 0.717) is 10.7 Å². The van der Waals surface area contributed by atoms with Gasteiger partial charge in [-0.05, 0) is 54.7 Å². The summed E-state index contributed by atoms with van der Waals surface area (Å²) >= 11 is 16.6. The Bertz CT molecular complexity index is 929. The molecule has 0 spiro atoms. The quantitative estimate of drug-likeness (QED) is 0.476. The highest BCUT2D eigenvalue weighted by atomic mass is 35.5. The van der Waals surface area contributed by atoms with Crippen LogP contribution in [0.25, 0.3) is 6.08 Å². The zero-order valence-electron chi connectivity index (χ0n) is 12.4. The van der Waals surface area contributed by atoms with Crippen molar-refractivity contribution in [2.45, 2.75) is 0 Å². The average Bonchev–Trinajstić information content (AvgIpc) is 2.55. The summed E-state index contributed by atoms with van der Waals surface area (Å²) in [6, 6.07) is 10.3. The zero-order chi connectivity index (χ0) is 18.1. The van der Waals surface area contributed by atoms with E-state index in [-0.39, 0.29) is 21.3 Å². The predicted octanol–water partition coefficient (Wildman–Crippen LogP) is 3.96. The highest BCUT2D eigenvalue weighted by molar-refractivity contribution is 7.80. The van der Waals surface area contributed by atoms with Crippen LogP contribution in [0.15, 0.2) is 48.0 Å². The van der Waals surface area contributed by atoms with Crippen molar-refractivity contribution >= 4 is 64.1 Å². The number of anilines is 1. The Morgan fingerprint density at radius 3 is 2.32 bits per heavy atom. The minimum atomic E-state index is -0.699. The molecule has 0 aromatic heterocycles. The second-order valence-corrected chi connectivity index (χ2v) is 6.36. The molecule has 1 N–H and O–H groups in total. The maximum Gasteiger partial charge on any atom is 0.270 e. The summed E-state index contributed by atoms with van der Waals surface area (Å²) < 4.78 is 14.0. The van der Waals surface area contributed by atoms with E-state index >= 15 is 0 Å². The van der Waals surface area contributed by atoms with Crippen LogP contribution in [-0.2, 0) is 9.59 Å². The first-order valence-corrected chi connectivity index (χ1v) is 8.15. The molecular weight excluding hydrogens is 386 g/mol. The summed E-state index contributed by atoms with van der Waals surface area (Å²) in [5, 5.41) is 3.06. The number of benzene rings is 2. The van der Waals surface area contributed by atoms with Gasteiger partial charge in [-0.1, -0.05) is 29.3 Å². The molecule has 25 heavy (non-hydrogen) atoms. The molecule has 1 fully saturated rings. The fourth-order valence-electron chi connectivity index (χ4n) is 2.26. The SMILES string of the molecule is O=C1NC(=S)N(c2ccc(Cl)cc2)C(=O)/C1=C/c1ccc(Cl)cc1F. The van der Waals surface area contributed by atoms with Crippen LogP contribution < -0.4 is 10.2 Å². The predicted molar refractivity (Wildman–Crippen MR) is 99.1 cm³/mol. The van der Waals surface area contributed by atoms with Gasteiger partial charge < -0.3 is 0 Å². The Morgan fingerprint density at radius 2 is 1.68 bits per heavy atom. The number of halogens is 3. The van der Waals surface area contributed by atoms with Crippen LogP contribution in [-0.4, -0.2) is 16.9 Å². The van der Waals surface area contributed by atoms with Crippen LogP contribution in [0.3, 0.4) is 0 Å². The van der Waals surface area contributed by atoms with Crippen LogP contribution in [0.1, 0.15) is 5.56 Å². The van der Waals surface area contributed by atoms with Gasteiger partial charge in [0.2, 0.25) is 0 Å². The molecule has 0 bridgehead atoms. The lowest BCUT2D eigenvalue weighted by Crippen LogP contribution is -2.54. The van der Waals surface area contributed by atoms with Crippen molar-refractivity contribution in [1.29, 1.82) is 0 Å². The maximum atomic E-state index is 14.0. The number of rotatable bonds is 2. The Labute approximate surface area is 157 Å². The molecule has 2 aromatic rings. The number of amides is 2. The van der Waals surface area contributed by atoms with Crippen LogP contribution in [0.4, 0.5) is 10.1 Å². The highest BCUT2D eigenvalue weighted by Gasteiger charge is 2.34. The molecule has 1 aliphatic rings. The number of hydrogen-bond donors (Lipinski definition) is 1. The van der Waals surface area contributed by atoms with E-state index in [0.717, 1.165) is 17.0 Å². The van der Waals surface area contributed by atoms with E-state index in [2.05, 4.69) is 5.32 Å². The van der Waals surface area contributed by atoms with Crippen molar-refractivity contribution in [1.82, 2.24) is 5.32 Å². The number of carbonyl (C=O) groups excluding carboxylic acids is 2. The lowest BCUT2D eigenvalue weighted by Gasteiger charge is -2.29. The minimum Gasteiger partial charge on any atom is -0.298 e. The molecule has 1 saturated heterocycles. The normalized spacial score (nSPS) is 16.4. The molecule has 8 heteroatoms. The third-order valence-electron chi connectivity index (χ3n) is 3.45. The van der Waals surface area contributed by atoms with Gasteiger partial charge in [0.25, 0.3) is 11.8 Å². The maximum absolute atomic E-state index is 14.0. The highest BCUT2D eigenvalue weighted by Crippen LogP contribution is 2.24. The standard InChI is InChI=1S/C17H9Cl2FN2O2S/c18-10-3-5-12(6-4-10)22-16(24)13(15(23)21-17(22)25)7-9-1-2-11(19)8-14(9)20/h1-8H,(H,21,23,25)/b13-7+. The first-order valence-electron chi connectivity index (χ1n) is 6.99. The van der Waals surface area contributed by atoms with Crippen LogP contribution in [0.5, 0.6) is 0 Å². The van der Waals surface area contributed by atoms with Gasteiger partial charge in [-0.2, -0.15) is 0 Å². The van der Waals surface area contributed by atoms with Gasteiger partial charge >= 0.3 is 0 Å². The monoisotopic (exact) mass is 394 g/mol. The third kappa shape index (κ3) is 3.56. The molecular formula is C17H9Cl2FN2O2S. The molecule has 2 aromatic carbocycles. The molecule has 0 saturated carbocycles. The topological polar surface area (TPSA) is 49.4 Å². The summed E-state index contributed by atoms with van der Waals surface area (Å²) in [6.07, 6.45) is 1.16. The van der Waals surface area contributed by atoms with Crippen molar-refractivity contribution in [2.24, 2.45) is 0 Å². The van der Waals surface area contributed by atoms with Crippen LogP contribution >= 0.6 is 35.4 Å². The van der Waals surface area contributed by atoms with Crippen molar-refractivity contribution < 1.29 is 14.0 Å². The van der Waals surface area contributed by atoms with E-state index in [1.54, 1.807) is 24.3 Å². The van der Waals surface area contributed by atoms with Crippen molar-refractivity contribution in [3.05, 3.63) is 69.5 Å². The van der Waals surface area contributed by atoms with E-state index < -0.39 is 17.6 Å². The number of nitrogens with one attached hydrogen (secondary N) is 1. The summed E-state index contributed by atoms with van der Waals surface area (Å²) in [6.45, 7) is 0. The molecule has 0 unspecified atom stereocenters. The van der Waals surface area contributed by atoms with Crippen LogP contribution in [0, 0.1) is 5.82 Å². The first kappa shape index (κ1) is 17.5. The molecule has 0 atom stereocenters. The Hall–Kier alpha value is -2.28. The second-order valence-electron chi connectivity index (χ2n) is 5.10. The van der Waals surface area contributed by atoms with Crippen molar-refractivity contribution in [3.63, 3.8) is 0 Å².